The van der Waals surface area contributed by atoms with E-state index in [1.165, 1.54) is 10.9 Å². The van der Waals surface area contributed by atoms with Gasteiger partial charge in [0, 0.05) is 43.5 Å². The largest absolute Gasteiger partial charge is 0.346 e. The van der Waals surface area contributed by atoms with Crippen LogP contribution in [0.5, 0.6) is 0 Å². The van der Waals surface area contributed by atoms with E-state index in [-0.39, 0.29) is 0 Å². The van der Waals surface area contributed by atoms with E-state index >= 15 is 0 Å². The van der Waals surface area contributed by atoms with Crippen molar-refractivity contribution in [3.8, 4) is 0 Å². The number of aromatic amines is 1. The number of rotatable bonds is 2. The molecule has 0 radical (unpaired) electrons. The van der Waals surface area contributed by atoms with Crippen LogP contribution in [0.25, 0.3) is 11.0 Å². The number of hydrogen-bond acceptors (Lipinski definition) is 3. The van der Waals surface area contributed by atoms with Crippen molar-refractivity contribution in [3.63, 3.8) is 0 Å². The standard InChI is InChI=1S/C13H18N4/c1-9-6-17(8-12(9)14)7-10-5-16-13-11(10)3-2-4-15-13/h2-5,9,12H,6-8,14H2,1H3,(H,15,16). The number of fused-ring (bicyclic) bond motifs is 1. The molecule has 0 amide bonds. The summed E-state index contributed by atoms with van der Waals surface area (Å²) < 4.78 is 0. The molecule has 1 saturated heterocycles. The fourth-order valence-corrected chi connectivity index (χ4v) is 2.61. The van der Waals surface area contributed by atoms with Crippen LogP contribution >= 0.6 is 0 Å². The third kappa shape index (κ3) is 1.94. The lowest BCUT2D eigenvalue weighted by atomic mass is 10.1. The summed E-state index contributed by atoms with van der Waals surface area (Å²) in [4.78, 5) is 9.94. The maximum atomic E-state index is 6.05. The molecule has 3 heterocycles. The van der Waals surface area contributed by atoms with E-state index in [0.29, 0.717) is 12.0 Å². The predicted molar refractivity (Wildman–Crippen MR) is 68.5 cm³/mol. The van der Waals surface area contributed by atoms with Gasteiger partial charge < -0.3 is 10.7 Å². The third-order valence-corrected chi connectivity index (χ3v) is 3.68. The normalized spacial score (nSPS) is 25.8. The summed E-state index contributed by atoms with van der Waals surface area (Å²) in [6.07, 6.45) is 3.88. The second-order valence-corrected chi connectivity index (χ2v) is 5.05. The first kappa shape index (κ1) is 10.7. The summed E-state index contributed by atoms with van der Waals surface area (Å²) in [5.41, 5.74) is 8.33. The molecule has 2 aromatic rings. The van der Waals surface area contributed by atoms with Crippen molar-refractivity contribution in [1.82, 2.24) is 14.9 Å². The first-order valence-electron chi connectivity index (χ1n) is 6.13. The molecule has 0 spiro atoms. The summed E-state index contributed by atoms with van der Waals surface area (Å²) in [5, 5.41) is 1.22. The molecule has 90 valence electrons. The highest BCUT2D eigenvalue weighted by molar-refractivity contribution is 5.79. The molecule has 4 nitrogen and oxygen atoms in total. The van der Waals surface area contributed by atoms with Gasteiger partial charge in [0.25, 0.3) is 0 Å². The van der Waals surface area contributed by atoms with Gasteiger partial charge in [0.1, 0.15) is 5.65 Å². The minimum Gasteiger partial charge on any atom is -0.346 e. The highest BCUT2D eigenvalue weighted by Crippen LogP contribution is 2.21. The molecule has 1 fully saturated rings. The van der Waals surface area contributed by atoms with Crippen molar-refractivity contribution in [1.29, 1.82) is 0 Å². The zero-order valence-corrected chi connectivity index (χ0v) is 10.1. The highest BCUT2D eigenvalue weighted by Gasteiger charge is 2.26. The smallest absolute Gasteiger partial charge is 0.137 e. The molecule has 0 bridgehead atoms. The Bertz CT molecular complexity index is 509. The molecule has 3 rings (SSSR count). The fraction of sp³-hybridized carbons (Fsp3) is 0.462. The predicted octanol–water partition coefficient (Wildman–Crippen LogP) is 1.34. The van der Waals surface area contributed by atoms with Crippen molar-refractivity contribution in [2.24, 2.45) is 11.7 Å². The minimum absolute atomic E-state index is 0.318. The Labute approximate surface area is 101 Å². The second kappa shape index (κ2) is 4.13. The molecule has 0 aromatic carbocycles. The number of pyridine rings is 1. The van der Waals surface area contributed by atoms with Gasteiger partial charge >= 0.3 is 0 Å². The van der Waals surface area contributed by atoms with Crippen LogP contribution in [-0.2, 0) is 6.54 Å². The van der Waals surface area contributed by atoms with Gasteiger partial charge in [0.05, 0.1) is 0 Å². The third-order valence-electron chi connectivity index (χ3n) is 3.68. The lowest BCUT2D eigenvalue weighted by molar-refractivity contribution is 0.320. The lowest BCUT2D eigenvalue weighted by Gasteiger charge is -2.14. The van der Waals surface area contributed by atoms with Gasteiger partial charge in [-0.1, -0.05) is 6.92 Å². The van der Waals surface area contributed by atoms with Crippen molar-refractivity contribution in [3.05, 3.63) is 30.1 Å². The van der Waals surface area contributed by atoms with E-state index in [1.807, 2.05) is 12.3 Å². The summed E-state index contributed by atoms with van der Waals surface area (Å²) in [6, 6.07) is 4.42. The van der Waals surface area contributed by atoms with Crippen molar-refractivity contribution in [2.45, 2.75) is 19.5 Å². The topological polar surface area (TPSA) is 57.9 Å². The number of aromatic nitrogens is 2. The number of nitrogens with zero attached hydrogens (tertiary/aromatic N) is 2. The molecule has 4 heteroatoms. The zero-order valence-electron chi connectivity index (χ0n) is 10.1. The molecule has 3 N–H and O–H groups in total. The average Bonchev–Trinajstić information content (AvgIpc) is 2.85. The van der Waals surface area contributed by atoms with Crippen LogP contribution in [0.4, 0.5) is 0 Å². The molecular weight excluding hydrogens is 212 g/mol. The molecule has 2 unspecified atom stereocenters. The van der Waals surface area contributed by atoms with Crippen molar-refractivity contribution in [2.75, 3.05) is 13.1 Å². The van der Waals surface area contributed by atoms with Crippen molar-refractivity contribution >= 4 is 11.0 Å². The molecule has 1 aliphatic rings. The highest BCUT2D eigenvalue weighted by atomic mass is 15.2. The van der Waals surface area contributed by atoms with E-state index in [9.17, 15) is 0 Å². The van der Waals surface area contributed by atoms with Crippen LogP contribution in [0.15, 0.2) is 24.5 Å². The van der Waals surface area contributed by atoms with Crippen LogP contribution < -0.4 is 5.73 Å². The molecule has 2 atom stereocenters. The van der Waals surface area contributed by atoms with Crippen LogP contribution in [0.3, 0.4) is 0 Å². The van der Waals surface area contributed by atoms with Crippen LogP contribution in [0.2, 0.25) is 0 Å². The van der Waals surface area contributed by atoms with Crippen LogP contribution in [-0.4, -0.2) is 34.0 Å². The number of likely N-dealkylation sites (tertiary alicyclic amines) is 1. The van der Waals surface area contributed by atoms with E-state index in [0.717, 1.165) is 25.3 Å². The first-order chi connectivity index (χ1) is 8.24. The Morgan fingerprint density at radius 2 is 2.41 bits per heavy atom. The monoisotopic (exact) mass is 230 g/mol. The Balaban J connectivity index is 1.81. The zero-order chi connectivity index (χ0) is 11.8. The molecule has 1 aliphatic heterocycles. The maximum absolute atomic E-state index is 6.05. The maximum Gasteiger partial charge on any atom is 0.137 e. The van der Waals surface area contributed by atoms with E-state index in [1.54, 1.807) is 0 Å². The van der Waals surface area contributed by atoms with E-state index in [2.05, 4.69) is 34.1 Å². The fourth-order valence-electron chi connectivity index (χ4n) is 2.61. The van der Waals surface area contributed by atoms with E-state index < -0.39 is 0 Å². The van der Waals surface area contributed by atoms with E-state index in [4.69, 9.17) is 5.73 Å². The van der Waals surface area contributed by atoms with Gasteiger partial charge in [-0.2, -0.15) is 0 Å². The number of nitrogens with one attached hydrogen (secondary N) is 1. The summed E-state index contributed by atoms with van der Waals surface area (Å²) in [7, 11) is 0. The van der Waals surface area contributed by atoms with Crippen LogP contribution in [0, 0.1) is 5.92 Å². The molecule has 2 aromatic heterocycles. The number of H-pyrrole nitrogens is 1. The summed E-state index contributed by atoms with van der Waals surface area (Å²) in [6.45, 7) is 5.27. The summed E-state index contributed by atoms with van der Waals surface area (Å²) in [5.74, 6) is 0.596. The molecule has 0 aliphatic carbocycles. The van der Waals surface area contributed by atoms with Crippen LogP contribution in [0.1, 0.15) is 12.5 Å². The molecular formula is C13H18N4. The van der Waals surface area contributed by atoms with Gasteiger partial charge in [0.15, 0.2) is 0 Å². The quantitative estimate of drug-likeness (QED) is 0.818. The first-order valence-corrected chi connectivity index (χ1v) is 6.13. The van der Waals surface area contributed by atoms with Gasteiger partial charge in [-0.3, -0.25) is 4.90 Å². The Hall–Kier alpha value is -1.39. The Kier molecular flexibility index (Phi) is 2.61. The number of nitrogens with two attached hydrogens (primary N) is 1. The Morgan fingerprint density at radius 3 is 3.18 bits per heavy atom. The number of hydrogen-bond donors (Lipinski definition) is 2. The van der Waals surface area contributed by atoms with Crippen molar-refractivity contribution < 1.29 is 0 Å². The minimum atomic E-state index is 0.318. The van der Waals surface area contributed by atoms with Gasteiger partial charge in [-0.05, 0) is 23.6 Å². The molecule has 17 heavy (non-hydrogen) atoms. The summed E-state index contributed by atoms with van der Waals surface area (Å²) >= 11 is 0. The SMILES string of the molecule is CC1CN(Cc2c[nH]c3ncccc23)CC1N. The average molecular weight is 230 g/mol. The second-order valence-electron chi connectivity index (χ2n) is 5.05. The van der Waals surface area contributed by atoms with Gasteiger partial charge in [-0.15, -0.1) is 0 Å². The van der Waals surface area contributed by atoms with Gasteiger partial charge in [0.2, 0.25) is 0 Å². The lowest BCUT2D eigenvalue weighted by Crippen LogP contribution is -2.28. The molecule has 0 saturated carbocycles. The Morgan fingerprint density at radius 1 is 1.53 bits per heavy atom. The van der Waals surface area contributed by atoms with Gasteiger partial charge in [-0.25, -0.2) is 4.98 Å².